The van der Waals surface area contributed by atoms with Crippen LogP contribution in [-0.2, 0) is 9.59 Å². The van der Waals surface area contributed by atoms with E-state index in [4.69, 9.17) is 9.52 Å². The Balaban J connectivity index is 2.59. The Morgan fingerprint density at radius 3 is 2.32 bits per heavy atom. The summed E-state index contributed by atoms with van der Waals surface area (Å²) in [6, 6.07) is 3.05. The molecule has 0 aliphatic rings. The largest absolute Gasteiger partial charge is 0.480 e. The third-order valence-electron chi connectivity index (χ3n) is 2.30. The molecule has 0 unspecified atom stereocenters. The number of rotatable bonds is 5. The van der Waals surface area contributed by atoms with Gasteiger partial charge in [0.1, 0.15) is 6.54 Å². The standard InChI is InChI=1S/C11H13BrN2O5/c1-13(6-10(16)17)9(15)5-14(2)11(18)7-3-4-8(12)19-7/h3-4H,5-6H2,1-2H3,(H,16,17). The first kappa shape index (κ1) is 15.2. The minimum absolute atomic E-state index is 0.100. The Bertz CT molecular complexity index is 499. The summed E-state index contributed by atoms with van der Waals surface area (Å²) in [5, 5.41) is 8.56. The molecule has 1 aromatic rings. The van der Waals surface area contributed by atoms with Gasteiger partial charge in [0.05, 0.1) is 6.54 Å². The molecule has 0 saturated heterocycles. The van der Waals surface area contributed by atoms with Crippen molar-refractivity contribution in [2.24, 2.45) is 0 Å². The lowest BCUT2D eigenvalue weighted by Crippen LogP contribution is -2.41. The van der Waals surface area contributed by atoms with Crippen LogP contribution in [0.5, 0.6) is 0 Å². The van der Waals surface area contributed by atoms with Gasteiger partial charge in [-0.3, -0.25) is 14.4 Å². The van der Waals surface area contributed by atoms with Crippen LogP contribution >= 0.6 is 15.9 Å². The van der Waals surface area contributed by atoms with Crippen LogP contribution in [0.25, 0.3) is 0 Å². The Hall–Kier alpha value is -1.83. The number of carbonyl (C=O) groups is 3. The summed E-state index contributed by atoms with van der Waals surface area (Å²) in [7, 11) is 2.80. The minimum atomic E-state index is -1.11. The number of carboxylic acid groups (broad SMARTS) is 1. The molecule has 0 aliphatic heterocycles. The molecular formula is C11H13BrN2O5. The van der Waals surface area contributed by atoms with Crippen LogP contribution in [0.4, 0.5) is 0 Å². The summed E-state index contributed by atoms with van der Waals surface area (Å²) < 4.78 is 5.49. The number of carboxylic acids is 1. The van der Waals surface area contributed by atoms with Crippen molar-refractivity contribution < 1.29 is 23.9 Å². The van der Waals surface area contributed by atoms with Crippen molar-refractivity contribution in [1.82, 2.24) is 9.80 Å². The maximum absolute atomic E-state index is 11.9. The number of amides is 2. The van der Waals surface area contributed by atoms with Gasteiger partial charge in [-0.2, -0.15) is 0 Å². The van der Waals surface area contributed by atoms with Crippen LogP contribution in [0, 0.1) is 0 Å². The Morgan fingerprint density at radius 2 is 1.84 bits per heavy atom. The molecule has 8 heteroatoms. The second-order valence-corrected chi connectivity index (χ2v) is 4.69. The second kappa shape index (κ2) is 6.37. The molecule has 0 atom stereocenters. The van der Waals surface area contributed by atoms with Gasteiger partial charge in [-0.05, 0) is 28.1 Å². The molecule has 1 heterocycles. The van der Waals surface area contributed by atoms with Gasteiger partial charge in [0.2, 0.25) is 5.91 Å². The van der Waals surface area contributed by atoms with E-state index in [9.17, 15) is 14.4 Å². The number of carbonyl (C=O) groups excluding carboxylic acids is 2. The summed E-state index contributed by atoms with van der Waals surface area (Å²) in [4.78, 5) is 36.2. The number of likely N-dealkylation sites (N-methyl/N-ethyl adjacent to an activating group) is 2. The molecular weight excluding hydrogens is 320 g/mol. The van der Waals surface area contributed by atoms with E-state index in [0.29, 0.717) is 4.67 Å². The van der Waals surface area contributed by atoms with Gasteiger partial charge in [-0.25, -0.2) is 0 Å². The van der Waals surface area contributed by atoms with E-state index in [2.05, 4.69) is 15.9 Å². The second-order valence-electron chi connectivity index (χ2n) is 3.91. The predicted molar refractivity (Wildman–Crippen MR) is 68.6 cm³/mol. The molecule has 104 valence electrons. The maximum atomic E-state index is 11.9. The fourth-order valence-electron chi connectivity index (χ4n) is 1.30. The summed E-state index contributed by atoms with van der Waals surface area (Å²) in [5.74, 6) is -1.94. The van der Waals surface area contributed by atoms with Crippen LogP contribution in [0.2, 0.25) is 0 Å². The first-order chi connectivity index (χ1) is 8.81. The highest BCUT2D eigenvalue weighted by Crippen LogP contribution is 2.15. The van der Waals surface area contributed by atoms with Crippen LogP contribution in [0.3, 0.4) is 0 Å². The molecule has 7 nitrogen and oxygen atoms in total. The highest BCUT2D eigenvalue weighted by atomic mass is 79.9. The molecule has 0 bridgehead atoms. The Morgan fingerprint density at radius 1 is 1.21 bits per heavy atom. The normalized spacial score (nSPS) is 10.1. The first-order valence-corrected chi connectivity index (χ1v) is 6.07. The van der Waals surface area contributed by atoms with Crippen molar-refractivity contribution in [1.29, 1.82) is 0 Å². The smallest absolute Gasteiger partial charge is 0.323 e. The monoisotopic (exact) mass is 332 g/mol. The topological polar surface area (TPSA) is 91.1 Å². The summed E-state index contributed by atoms with van der Waals surface area (Å²) in [6.07, 6.45) is 0. The van der Waals surface area contributed by atoms with Crippen LogP contribution in [0.1, 0.15) is 10.6 Å². The first-order valence-electron chi connectivity index (χ1n) is 5.28. The van der Waals surface area contributed by atoms with Crippen molar-refractivity contribution >= 4 is 33.7 Å². The number of hydrogen-bond acceptors (Lipinski definition) is 4. The maximum Gasteiger partial charge on any atom is 0.323 e. The fraction of sp³-hybridized carbons (Fsp3) is 0.364. The zero-order valence-electron chi connectivity index (χ0n) is 10.4. The van der Waals surface area contributed by atoms with E-state index in [-0.39, 0.29) is 12.3 Å². The summed E-state index contributed by atoms with van der Waals surface area (Å²) >= 11 is 3.07. The van der Waals surface area contributed by atoms with Crippen molar-refractivity contribution in [2.75, 3.05) is 27.2 Å². The number of aliphatic carboxylic acids is 1. The SMILES string of the molecule is CN(CC(=O)O)C(=O)CN(C)C(=O)c1ccc(Br)o1. The van der Waals surface area contributed by atoms with E-state index in [1.807, 2.05) is 0 Å². The third-order valence-corrected chi connectivity index (χ3v) is 2.73. The van der Waals surface area contributed by atoms with Gasteiger partial charge in [-0.15, -0.1) is 0 Å². The van der Waals surface area contributed by atoms with Crippen molar-refractivity contribution in [3.63, 3.8) is 0 Å². The summed E-state index contributed by atoms with van der Waals surface area (Å²) in [5.41, 5.74) is 0. The van der Waals surface area contributed by atoms with Gasteiger partial charge < -0.3 is 19.3 Å². The average molecular weight is 333 g/mol. The Kier molecular flexibility index (Phi) is 5.11. The van der Waals surface area contributed by atoms with E-state index < -0.39 is 24.3 Å². The van der Waals surface area contributed by atoms with Gasteiger partial charge in [-0.1, -0.05) is 0 Å². The van der Waals surface area contributed by atoms with Crippen molar-refractivity contribution in [3.8, 4) is 0 Å². The molecule has 0 saturated carbocycles. The highest BCUT2D eigenvalue weighted by Gasteiger charge is 2.20. The molecule has 1 rings (SSSR count). The van der Waals surface area contributed by atoms with E-state index in [0.717, 1.165) is 9.80 Å². The number of nitrogens with zero attached hydrogens (tertiary/aromatic N) is 2. The molecule has 1 N–H and O–H groups in total. The van der Waals surface area contributed by atoms with E-state index in [1.54, 1.807) is 6.07 Å². The predicted octanol–water partition coefficient (Wildman–Crippen LogP) is 0.657. The number of hydrogen-bond donors (Lipinski definition) is 1. The van der Waals surface area contributed by atoms with Crippen LogP contribution < -0.4 is 0 Å². The molecule has 0 radical (unpaired) electrons. The number of furan rings is 1. The molecule has 0 aliphatic carbocycles. The minimum Gasteiger partial charge on any atom is -0.480 e. The number of halogens is 1. The molecule has 19 heavy (non-hydrogen) atoms. The zero-order chi connectivity index (χ0) is 14.6. The van der Waals surface area contributed by atoms with Gasteiger partial charge in [0.25, 0.3) is 5.91 Å². The lowest BCUT2D eigenvalue weighted by Gasteiger charge is -2.20. The van der Waals surface area contributed by atoms with Gasteiger partial charge in [0, 0.05) is 14.1 Å². The van der Waals surface area contributed by atoms with E-state index in [1.165, 1.54) is 20.2 Å². The van der Waals surface area contributed by atoms with Crippen LogP contribution in [0.15, 0.2) is 21.2 Å². The van der Waals surface area contributed by atoms with Crippen molar-refractivity contribution in [3.05, 3.63) is 22.6 Å². The highest BCUT2D eigenvalue weighted by molar-refractivity contribution is 9.10. The quantitative estimate of drug-likeness (QED) is 0.855. The van der Waals surface area contributed by atoms with Crippen LogP contribution in [-0.4, -0.2) is 59.9 Å². The molecule has 0 spiro atoms. The zero-order valence-corrected chi connectivity index (χ0v) is 12.0. The fourth-order valence-corrected chi connectivity index (χ4v) is 1.61. The molecule has 0 fully saturated rings. The van der Waals surface area contributed by atoms with E-state index >= 15 is 0 Å². The van der Waals surface area contributed by atoms with Gasteiger partial charge in [0.15, 0.2) is 10.4 Å². The van der Waals surface area contributed by atoms with Gasteiger partial charge >= 0.3 is 5.97 Å². The van der Waals surface area contributed by atoms with Crippen molar-refractivity contribution in [2.45, 2.75) is 0 Å². The molecule has 0 aromatic carbocycles. The Labute approximate surface area is 117 Å². The lowest BCUT2D eigenvalue weighted by molar-refractivity contribution is -0.143. The molecule has 2 amide bonds. The third kappa shape index (κ3) is 4.40. The average Bonchev–Trinajstić information content (AvgIpc) is 2.73. The molecule has 1 aromatic heterocycles. The summed E-state index contributed by atoms with van der Waals surface area (Å²) in [6.45, 7) is -0.631. The lowest BCUT2D eigenvalue weighted by atomic mass is 10.3.